The third kappa shape index (κ3) is 3.43. The van der Waals surface area contributed by atoms with Gasteiger partial charge in [0.05, 0.1) is 23.2 Å². The van der Waals surface area contributed by atoms with Crippen LogP contribution in [0.2, 0.25) is 0 Å². The first-order valence-corrected chi connectivity index (χ1v) is 11.8. The Morgan fingerprint density at radius 1 is 0.886 bits per heavy atom. The van der Waals surface area contributed by atoms with Gasteiger partial charge in [-0.05, 0) is 46.2 Å². The molecule has 3 aromatic carbocycles. The highest BCUT2D eigenvalue weighted by Crippen LogP contribution is 2.49. The number of carboxylic acid groups (broad SMARTS) is 1. The van der Waals surface area contributed by atoms with Crippen molar-refractivity contribution in [3.8, 4) is 11.1 Å². The molecule has 0 fully saturated rings. The van der Waals surface area contributed by atoms with Crippen LogP contribution in [-0.2, 0) is 12.0 Å². The number of hydrogen-bond acceptors (Lipinski definition) is 3. The van der Waals surface area contributed by atoms with Gasteiger partial charge in [-0.25, -0.2) is 4.79 Å². The molecule has 6 heteroatoms. The van der Waals surface area contributed by atoms with Gasteiger partial charge >= 0.3 is 6.09 Å². The first-order chi connectivity index (χ1) is 16.6. The van der Waals surface area contributed by atoms with Gasteiger partial charge in [0, 0.05) is 6.54 Å². The van der Waals surface area contributed by atoms with Crippen molar-refractivity contribution in [1.29, 1.82) is 0 Å². The number of hydrogen-bond donors (Lipinski definition) is 1. The monoisotopic (exact) mass is 468 g/mol. The first kappa shape index (κ1) is 22.8. The Morgan fingerprint density at radius 3 is 2.23 bits per heavy atom. The highest BCUT2D eigenvalue weighted by atomic mass is 16.4. The Balaban J connectivity index is 1.62. The molecule has 0 saturated heterocycles. The molecule has 0 bridgehead atoms. The number of carbonyl (C=O) groups is 3. The molecular formula is C29H28N2O4. The molecule has 1 N–H and O–H groups in total. The zero-order chi connectivity index (χ0) is 25.0. The van der Waals surface area contributed by atoms with Gasteiger partial charge in [-0.3, -0.25) is 19.4 Å². The quantitative estimate of drug-likeness (QED) is 0.520. The third-order valence-electron chi connectivity index (χ3n) is 7.46. The lowest BCUT2D eigenvalue weighted by atomic mass is 9.64. The standard InChI is InChI=1S/C29H28N2O4/c1-28(2,3)29(24-12-8-7-11-20(24)15-16-31(29)27(34)35)18-30-25(32)22-14-13-21(17-23(22)26(30)33)19-9-5-4-6-10-19/h4-14,17H,15-16,18H2,1-3H3,(H,34,35). The van der Waals surface area contributed by atoms with E-state index in [-0.39, 0.29) is 18.4 Å². The van der Waals surface area contributed by atoms with Gasteiger partial charge in [-0.1, -0.05) is 81.4 Å². The Bertz CT molecular complexity index is 1340. The van der Waals surface area contributed by atoms with Gasteiger partial charge in [-0.2, -0.15) is 0 Å². The SMILES string of the molecule is CC(C)(C)C1(CN2C(=O)c3ccc(-c4ccccc4)cc3C2=O)c2ccccc2CCN1C(=O)O. The third-order valence-corrected chi connectivity index (χ3v) is 7.46. The zero-order valence-electron chi connectivity index (χ0n) is 20.1. The summed E-state index contributed by atoms with van der Waals surface area (Å²) >= 11 is 0. The largest absolute Gasteiger partial charge is 0.465 e. The van der Waals surface area contributed by atoms with Crippen molar-refractivity contribution in [3.63, 3.8) is 0 Å². The number of imide groups is 1. The van der Waals surface area contributed by atoms with Crippen LogP contribution in [0.5, 0.6) is 0 Å². The predicted molar refractivity (Wildman–Crippen MR) is 133 cm³/mol. The summed E-state index contributed by atoms with van der Waals surface area (Å²) < 4.78 is 0. The summed E-state index contributed by atoms with van der Waals surface area (Å²) in [5, 5.41) is 10.2. The van der Waals surface area contributed by atoms with E-state index < -0.39 is 17.0 Å². The normalized spacial score (nSPS) is 19.5. The molecule has 178 valence electrons. The van der Waals surface area contributed by atoms with E-state index in [2.05, 4.69) is 0 Å². The lowest BCUT2D eigenvalue weighted by molar-refractivity contribution is -0.0264. The number of benzene rings is 3. The van der Waals surface area contributed by atoms with E-state index in [1.54, 1.807) is 12.1 Å². The van der Waals surface area contributed by atoms with Gasteiger partial charge in [0.15, 0.2) is 0 Å². The van der Waals surface area contributed by atoms with Crippen LogP contribution in [0.4, 0.5) is 4.79 Å². The van der Waals surface area contributed by atoms with Gasteiger partial charge < -0.3 is 5.11 Å². The van der Waals surface area contributed by atoms with E-state index in [4.69, 9.17) is 0 Å². The summed E-state index contributed by atoms with van der Waals surface area (Å²) in [4.78, 5) is 42.4. The van der Waals surface area contributed by atoms with Crippen LogP contribution in [0.1, 0.15) is 52.6 Å². The lowest BCUT2D eigenvalue weighted by Gasteiger charge is -2.55. The molecule has 6 nitrogen and oxygen atoms in total. The minimum absolute atomic E-state index is 0.0488. The van der Waals surface area contributed by atoms with Crippen molar-refractivity contribution in [2.75, 3.05) is 13.1 Å². The van der Waals surface area contributed by atoms with Crippen LogP contribution in [0.15, 0.2) is 72.8 Å². The van der Waals surface area contributed by atoms with E-state index in [1.807, 2.05) is 81.4 Å². The first-order valence-electron chi connectivity index (χ1n) is 11.8. The van der Waals surface area contributed by atoms with Crippen molar-refractivity contribution >= 4 is 17.9 Å². The van der Waals surface area contributed by atoms with E-state index in [1.165, 1.54) is 9.80 Å². The highest BCUT2D eigenvalue weighted by Gasteiger charge is 2.56. The smallest absolute Gasteiger partial charge is 0.408 e. The second-order valence-corrected chi connectivity index (χ2v) is 10.3. The summed E-state index contributed by atoms with van der Waals surface area (Å²) in [6, 6.07) is 22.8. The Kier molecular flexibility index (Phi) is 5.28. The second-order valence-electron chi connectivity index (χ2n) is 10.3. The van der Waals surface area contributed by atoms with Crippen molar-refractivity contribution in [1.82, 2.24) is 9.80 Å². The summed E-state index contributed by atoms with van der Waals surface area (Å²) in [6.45, 7) is 6.15. The Morgan fingerprint density at radius 2 is 1.54 bits per heavy atom. The van der Waals surface area contributed by atoms with E-state index in [0.717, 1.165) is 22.3 Å². The average Bonchev–Trinajstić information content (AvgIpc) is 3.08. The molecule has 3 amide bonds. The van der Waals surface area contributed by atoms with Gasteiger partial charge in [0.1, 0.15) is 0 Å². The van der Waals surface area contributed by atoms with Crippen molar-refractivity contribution in [2.45, 2.75) is 32.7 Å². The summed E-state index contributed by atoms with van der Waals surface area (Å²) in [5.74, 6) is -0.776. The van der Waals surface area contributed by atoms with Crippen LogP contribution in [-0.4, -0.2) is 45.9 Å². The molecule has 0 aromatic heterocycles. The molecule has 3 aromatic rings. The maximum atomic E-state index is 13.7. The maximum Gasteiger partial charge on any atom is 0.408 e. The molecule has 2 aliphatic heterocycles. The molecule has 5 rings (SSSR count). The predicted octanol–water partition coefficient (Wildman–Crippen LogP) is 5.43. The Labute approximate surface area is 204 Å². The highest BCUT2D eigenvalue weighted by molar-refractivity contribution is 6.21. The van der Waals surface area contributed by atoms with Crippen molar-refractivity contribution < 1.29 is 19.5 Å². The van der Waals surface area contributed by atoms with Crippen LogP contribution >= 0.6 is 0 Å². The fraction of sp³-hybridized carbons (Fsp3) is 0.276. The molecule has 0 radical (unpaired) electrons. The summed E-state index contributed by atoms with van der Waals surface area (Å²) in [5.41, 5.74) is 2.71. The molecule has 1 atom stereocenters. The molecule has 0 saturated carbocycles. The molecular weight excluding hydrogens is 440 g/mol. The topological polar surface area (TPSA) is 77.9 Å². The number of fused-ring (bicyclic) bond motifs is 2. The fourth-order valence-electron chi connectivity index (χ4n) is 5.66. The van der Waals surface area contributed by atoms with Crippen LogP contribution in [0.3, 0.4) is 0 Å². The molecule has 0 aliphatic carbocycles. The van der Waals surface area contributed by atoms with Gasteiger partial charge in [-0.15, -0.1) is 0 Å². The Hall–Kier alpha value is -3.93. The number of amides is 3. The second kappa shape index (κ2) is 8.08. The molecule has 1 unspecified atom stereocenters. The van der Waals surface area contributed by atoms with Crippen molar-refractivity contribution in [3.05, 3.63) is 95.1 Å². The molecule has 0 spiro atoms. The fourth-order valence-corrected chi connectivity index (χ4v) is 5.66. The summed E-state index contributed by atoms with van der Waals surface area (Å²) in [6.07, 6.45) is -0.472. The van der Waals surface area contributed by atoms with Crippen LogP contribution < -0.4 is 0 Å². The van der Waals surface area contributed by atoms with E-state index in [0.29, 0.717) is 24.1 Å². The number of nitrogens with zero attached hydrogens (tertiary/aromatic N) is 2. The van der Waals surface area contributed by atoms with E-state index >= 15 is 0 Å². The molecule has 2 aliphatic rings. The minimum Gasteiger partial charge on any atom is -0.465 e. The average molecular weight is 469 g/mol. The van der Waals surface area contributed by atoms with E-state index in [9.17, 15) is 19.5 Å². The summed E-state index contributed by atoms with van der Waals surface area (Å²) in [7, 11) is 0. The van der Waals surface area contributed by atoms with Gasteiger partial charge in [0.2, 0.25) is 0 Å². The lowest BCUT2D eigenvalue weighted by Crippen LogP contribution is -2.64. The van der Waals surface area contributed by atoms with Crippen molar-refractivity contribution in [2.24, 2.45) is 5.41 Å². The number of carbonyl (C=O) groups excluding carboxylic acids is 2. The molecule has 2 heterocycles. The van der Waals surface area contributed by atoms with Crippen LogP contribution in [0.25, 0.3) is 11.1 Å². The van der Waals surface area contributed by atoms with Crippen LogP contribution in [0, 0.1) is 5.41 Å². The number of rotatable bonds is 3. The minimum atomic E-state index is -1.09. The maximum absolute atomic E-state index is 13.7. The molecule has 35 heavy (non-hydrogen) atoms. The van der Waals surface area contributed by atoms with Gasteiger partial charge in [0.25, 0.3) is 11.8 Å². The zero-order valence-corrected chi connectivity index (χ0v) is 20.1.